The number of fused-ring (bicyclic) bond motifs is 1. The van der Waals surface area contributed by atoms with E-state index in [1.807, 2.05) is 23.1 Å². The number of nitrogens with one attached hydrogen (secondary N) is 1. The Morgan fingerprint density at radius 3 is 2.85 bits per heavy atom. The molecule has 1 fully saturated rings. The predicted octanol–water partition coefficient (Wildman–Crippen LogP) is 2.45. The van der Waals surface area contributed by atoms with Crippen LogP contribution in [0, 0.1) is 0 Å². The molecule has 1 amide bonds. The molecule has 0 radical (unpaired) electrons. The molecular weight excluding hydrogens is 332 g/mol. The summed E-state index contributed by atoms with van der Waals surface area (Å²) >= 11 is 0. The van der Waals surface area contributed by atoms with E-state index in [1.54, 1.807) is 0 Å². The van der Waals surface area contributed by atoms with Gasteiger partial charge in [0.15, 0.2) is 5.75 Å². The first-order valence-corrected chi connectivity index (χ1v) is 9.79. The predicted molar refractivity (Wildman–Crippen MR) is 98.9 cm³/mol. The highest BCUT2D eigenvalue weighted by Crippen LogP contribution is 2.24. The van der Waals surface area contributed by atoms with Gasteiger partial charge in [-0.1, -0.05) is 19.4 Å². The maximum Gasteiger partial charge on any atom is 0.240 e. The summed E-state index contributed by atoms with van der Waals surface area (Å²) in [4.78, 5) is 25.1. The lowest BCUT2D eigenvalue weighted by atomic mass is 9.95. The maximum atomic E-state index is 12.6. The molecule has 1 atom stereocenters. The molecule has 0 unspecified atom stereocenters. The highest BCUT2D eigenvalue weighted by atomic mass is 17.2. The number of ether oxygens (including phenoxy) is 1. The van der Waals surface area contributed by atoms with Gasteiger partial charge in [-0.25, -0.2) is 0 Å². The molecule has 1 N–H and O–H groups in total. The number of nitrogens with zero attached hydrogens (tertiary/aromatic N) is 1. The number of rotatable bonds is 9. The summed E-state index contributed by atoms with van der Waals surface area (Å²) in [5.41, 5.74) is 2.37. The van der Waals surface area contributed by atoms with Gasteiger partial charge in [0.1, 0.15) is 6.61 Å². The van der Waals surface area contributed by atoms with Gasteiger partial charge in [-0.2, -0.15) is 4.89 Å². The molecule has 1 saturated heterocycles. The molecule has 2 heterocycles. The van der Waals surface area contributed by atoms with Crippen molar-refractivity contribution in [2.24, 2.45) is 0 Å². The molecule has 0 aliphatic carbocycles. The van der Waals surface area contributed by atoms with E-state index in [4.69, 9.17) is 14.5 Å². The Labute approximate surface area is 155 Å². The van der Waals surface area contributed by atoms with Crippen molar-refractivity contribution in [3.63, 3.8) is 0 Å². The highest BCUT2D eigenvalue weighted by molar-refractivity contribution is 5.82. The lowest BCUT2D eigenvalue weighted by Crippen LogP contribution is -2.48. The van der Waals surface area contributed by atoms with Gasteiger partial charge in [0.05, 0.1) is 12.6 Å². The number of amides is 1. The molecule has 0 spiro atoms. The average molecular weight is 362 g/mol. The fourth-order valence-electron chi connectivity index (χ4n) is 3.43. The van der Waals surface area contributed by atoms with E-state index in [1.165, 1.54) is 5.56 Å². The van der Waals surface area contributed by atoms with Crippen molar-refractivity contribution in [1.29, 1.82) is 0 Å². The van der Waals surface area contributed by atoms with Gasteiger partial charge < -0.3 is 19.8 Å². The second-order valence-electron chi connectivity index (χ2n) is 6.97. The van der Waals surface area contributed by atoms with Gasteiger partial charge in [0.2, 0.25) is 5.91 Å². The number of likely N-dealkylation sites (tertiary alicyclic amines) is 1. The first-order valence-electron chi connectivity index (χ1n) is 9.79. The van der Waals surface area contributed by atoms with Crippen molar-refractivity contribution in [2.75, 3.05) is 32.9 Å². The minimum Gasteiger partial charge on any atom is -0.379 e. The molecule has 1 aromatic rings. The number of carbonyl (C=O) groups excluding carboxylic acids is 1. The van der Waals surface area contributed by atoms with Gasteiger partial charge in [-0.15, -0.1) is 0 Å². The van der Waals surface area contributed by atoms with Crippen molar-refractivity contribution < 1.29 is 19.3 Å². The summed E-state index contributed by atoms with van der Waals surface area (Å²) in [5.74, 6) is 0.920. The van der Waals surface area contributed by atoms with Crippen LogP contribution in [-0.2, 0) is 27.4 Å². The third kappa shape index (κ3) is 5.19. The summed E-state index contributed by atoms with van der Waals surface area (Å²) in [5, 5.41) is 3.37. The van der Waals surface area contributed by atoms with Crippen LogP contribution in [0.2, 0.25) is 0 Å². The fraction of sp³-hybridized carbons (Fsp3) is 0.650. The van der Waals surface area contributed by atoms with Crippen LogP contribution in [0.1, 0.15) is 43.7 Å². The van der Waals surface area contributed by atoms with E-state index in [0.717, 1.165) is 57.4 Å². The van der Waals surface area contributed by atoms with Crippen molar-refractivity contribution in [2.45, 2.75) is 51.6 Å². The van der Waals surface area contributed by atoms with Gasteiger partial charge in [-0.05, 0) is 48.9 Å². The van der Waals surface area contributed by atoms with Crippen LogP contribution in [0.3, 0.4) is 0 Å². The first-order chi connectivity index (χ1) is 12.8. The van der Waals surface area contributed by atoms with Crippen LogP contribution < -0.4 is 10.2 Å². The molecular formula is C20H30N2O4. The molecule has 6 heteroatoms. The highest BCUT2D eigenvalue weighted by Gasteiger charge is 2.29. The van der Waals surface area contributed by atoms with Crippen molar-refractivity contribution in [3.05, 3.63) is 29.3 Å². The van der Waals surface area contributed by atoms with Crippen LogP contribution >= 0.6 is 0 Å². The summed E-state index contributed by atoms with van der Waals surface area (Å²) in [6.07, 6.45) is 5.18. The van der Waals surface area contributed by atoms with Crippen LogP contribution in [-0.4, -0.2) is 49.8 Å². The van der Waals surface area contributed by atoms with Gasteiger partial charge in [0, 0.05) is 26.2 Å². The smallest absolute Gasteiger partial charge is 0.240 e. The van der Waals surface area contributed by atoms with Crippen LogP contribution in [0.25, 0.3) is 0 Å². The standard InChI is InChI=1S/C20H30N2O4/c1-2-3-10-24-11-12-25-26-18-7-6-16-14-19(21-15-17(16)13-18)20(23)22-8-4-5-9-22/h6-7,13,19,21H,2-5,8-12,14-15H2,1H3/t19-/m0/s1. The molecule has 2 aliphatic rings. The van der Waals surface area contributed by atoms with Crippen molar-refractivity contribution >= 4 is 5.91 Å². The molecule has 26 heavy (non-hydrogen) atoms. The Morgan fingerprint density at radius 1 is 1.19 bits per heavy atom. The lowest BCUT2D eigenvalue weighted by Gasteiger charge is -2.29. The molecule has 1 aromatic carbocycles. The number of hydrogen-bond donors (Lipinski definition) is 1. The zero-order chi connectivity index (χ0) is 18.2. The number of carbonyl (C=O) groups is 1. The minimum atomic E-state index is -0.108. The van der Waals surface area contributed by atoms with E-state index >= 15 is 0 Å². The Hall–Kier alpha value is -1.63. The zero-order valence-electron chi connectivity index (χ0n) is 15.7. The summed E-state index contributed by atoms with van der Waals surface area (Å²) in [6.45, 7) is 6.32. The minimum absolute atomic E-state index is 0.108. The zero-order valence-corrected chi connectivity index (χ0v) is 15.7. The molecule has 3 rings (SSSR count). The molecule has 0 saturated carbocycles. The largest absolute Gasteiger partial charge is 0.379 e. The Kier molecular flexibility index (Phi) is 7.29. The summed E-state index contributed by atoms with van der Waals surface area (Å²) in [7, 11) is 0. The summed E-state index contributed by atoms with van der Waals surface area (Å²) < 4.78 is 5.43. The van der Waals surface area contributed by atoms with Crippen LogP contribution in [0.5, 0.6) is 5.75 Å². The maximum absolute atomic E-state index is 12.6. The van der Waals surface area contributed by atoms with Gasteiger partial charge in [0.25, 0.3) is 0 Å². The lowest BCUT2D eigenvalue weighted by molar-refractivity contribution is -0.215. The SMILES string of the molecule is CCCCOCCOOc1ccc2c(c1)CN[C@H](C(=O)N1CCCC1)C2. The molecule has 6 nitrogen and oxygen atoms in total. The molecule has 2 aliphatic heterocycles. The topological polar surface area (TPSA) is 60.0 Å². The number of hydrogen-bond acceptors (Lipinski definition) is 5. The second kappa shape index (κ2) is 9.90. The first kappa shape index (κ1) is 19.1. The number of unbranched alkanes of at least 4 members (excludes halogenated alkanes) is 1. The molecule has 0 aromatic heterocycles. The number of benzene rings is 1. The third-order valence-corrected chi connectivity index (χ3v) is 4.96. The second-order valence-corrected chi connectivity index (χ2v) is 6.97. The van der Waals surface area contributed by atoms with Crippen LogP contribution in [0.4, 0.5) is 0 Å². The van der Waals surface area contributed by atoms with E-state index in [2.05, 4.69) is 12.2 Å². The van der Waals surface area contributed by atoms with Crippen molar-refractivity contribution in [3.8, 4) is 5.75 Å². The van der Waals surface area contributed by atoms with Crippen molar-refractivity contribution in [1.82, 2.24) is 10.2 Å². The quantitative estimate of drug-likeness (QED) is 0.415. The Bertz CT molecular complexity index is 587. The molecule has 144 valence electrons. The normalized spacial score (nSPS) is 19.4. The van der Waals surface area contributed by atoms with Crippen LogP contribution in [0.15, 0.2) is 18.2 Å². The molecule has 0 bridgehead atoms. The van der Waals surface area contributed by atoms with E-state index in [9.17, 15) is 4.79 Å². The van der Waals surface area contributed by atoms with Gasteiger partial charge in [-0.3, -0.25) is 4.79 Å². The summed E-state index contributed by atoms with van der Waals surface area (Å²) in [6, 6.07) is 5.82. The van der Waals surface area contributed by atoms with E-state index in [0.29, 0.717) is 25.5 Å². The average Bonchev–Trinajstić information content (AvgIpc) is 3.21. The third-order valence-electron chi connectivity index (χ3n) is 4.96. The van der Waals surface area contributed by atoms with E-state index in [-0.39, 0.29) is 11.9 Å². The van der Waals surface area contributed by atoms with E-state index < -0.39 is 0 Å². The Morgan fingerprint density at radius 2 is 2.04 bits per heavy atom. The van der Waals surface area contributed by atoms with Gasteiger partial charge >= 0.3 is 0 Å². The Balaban J connectivity index is 1.44. The monoisotopic (exact) mass is 362 g/mol. The fourth-order valence-corrected chi connectivity index (χ4v) is 3.43.